The molecule has 0 radical (unpaired) electrons. The summed E-state index contributed by atoms with van der Waals surface area (Å²) < 4.78 is 0. The minimum absolute atomic E-state index is 0.0262. The first-order valence-electron chi connectivity index (χ1n) is 8.52. The Morgan fingerprint density at radius 3 is 2.36 bits per heavy atom. The summed E-state index contributed by atoms with van der Waals surface area (Å²) >= 11 is 0. The van der Waals surface area contributed by atoms with E-state index in [1.165, 1.54) is 0 Å². The van der Waals surface area contributed by atoms with E-state index in [9.17, 15) is 14.7 Å². The number of fused-ring (bicyclic) bond motifs is 3. The Hall–Kier alpha value is -0.960. The van der Waals surface area contributed by atoms with Crippen molar-refractivity contribution in [3.63, 3.8) is 0 Å². The average molecular weight is 304 g/mol. The van der Waals surface area contributed by atoms with Gasteiger partial charge in [0, 0.05) is 11.3 Å². The quantitative estimate of drug-likeness (QED) is 0.748. The van der Waals surface area contributed by atoms with Gasteiger partial charge in [-0.15, -0.1) is 0 Å². The van der Waals surface area contributed by atoms with E-state index in [1.54, 1.807) is 6.08 Å². The fourth-order valence-corrected chi connectivity index (χ4v) is 5.81. The zero-order valence-corrected chi connectivity index (χ0v) is 14.3. The molecule has 0 aromatic rings. The maximum Gasteiger partial charge on any atom is 0.161 e. The Labute approximate surface area is 133 Å². The minimum Gasteiger partial charge on any atom is -0.392 e. The van der Waals surface area contributed by atoms with E-state index in [0.29, 0.717) is 6.42 Å². The number of hydrogen-bond acceptors (Lipinski definition) is 3. The Kier molecular flexibility index (Phi) is 3.28. The third-order valence-electron chi connectivity index (χ3n) is 7.34. The first-order valence-corrected chi connectivity index (χ1v) is 8.52. The van der Waals surface area contributed by atoms with Crippen LogP contribution in [0.25, 0.3) is 0 Å². The van der Waals surface area contributed by atoms with E-state index in [-0.39, 0.29) is 34.7 Å². The summed E-state index contributed by atoms with van der Waals surface area (Å²) in [6.45, 7) is 10.1. The molecule has 1 N–H and O–H groups in total. The third kappa shape index (κ3) is 1.72. The zero-order chi connectivity index (χ0) is 16.5. The van der Waals surface area contributed by atoms with Gasteiger partial charge >= 0.3 is 0 Å². The predicted molar refractivity (Wildman–Crippen MR) is 85.2 cm³/mol. The Morgan fingerprint density at radius 2 is 1.73 bits per heavy atom. The van der Waals surface area contributed by atoms with E-state index in [4.69, 9.17) is 0 Å². The number of carbonyl (C=O) groups excluding carboxylic acids is 2. The molecule has 0 bridgehead atoms. The summed E-state index contributed by atoms with van der Waals surface area (Å²) in [4.78, 5) is 25.2. The van der Waals surface area contributed by atoms with Crippen LogP contribution in [0.3, 0.4) is 0 Å². The molecule has 3 rings (SSSR count). The zero-order valence-electron chi connectivity index (χ0n) is 14.3. The molecule has 0 aliphatic heterocycles. The molecule has 0 heterocycles. The number of carbonyl (C=O) groups is 2. The Balaban J connectivity index is 2.14. The van der Waals surface area contributed by atoms with Crippen LogP contribution in [0.15, 0.2) is 12.2 Å². The number of aliphatic hydroxyl groups is 1. The molecule has 3 heteroatoms. The van der Waals surface area contributed by atoms with Crippen LogP contribution in [0.1, 0.15) is 53.9 Å². The van der Waals surface area contributed by atoms with E-state index in [0.717, 1.165) is 12.8 Å². The molecule has 0 aromatic carbocycles. The molecule has 6 atom stereocenters. The van der Waals surface area contributed by atoms with E-state index in [1.807, 2.05) is 33.8 Å². The number of allylic oxidation sites excluding steroid dienone is 2. The molecular weight excluding hydrogens is 276 g/mol. The van der Waals surface area contributed by atoms with Gasteiger partial charge in [0.2, 0.25) is 0 Å². The monoisotopic (exact) mass is 304 g/mol. The molecule has 0 amide bonds. The summed E-state index contributed by atoms with van der Waals surface area (Å²) in [7, 11) is 0. The van der Waals surface area contributed by atoms with Crippen molar-refractivity contribution in [3.05, 3.63) is 12.2 Å². The molecule has 122 valence electrons. The number of aliphatic hydroxyl groups excluding tert-OH is 1. The lowest BCUT2D eigenvalue weighted by molar-refractivity contribution is -0.183. The molecule has 2 saturated carbocycles. The van der Waals surface area contributed by atoms with Crippen molar-refractivity contribution in [2.24, 2.45) is 34.0 Å². The fraction of sp³-hybridized carbons (Fsp3) is 0.789. The average Bonchev–Trinajstić information content (AvgIpc) is 2.44. The largest absolute Gasteiger partial charge is 0.392 e. The lowest BCUT2D eigenvalue weighted by Gasteiger charge is -2.62. The van der Waals surface area contributed by atoms with Gasteiger partial charge in [-0.3, -0.25) is 9.59 Å². The lowest BCUT2D eigenvalue weighted by atomic mass is 9.41. The standard InChI is InChI=1S/C19H28O3/c1-11-6-7-12-18(4)9-8-14(20)17(2,3)13(18)10-15(21)19(12,5)16(11)22/h8-9,11-13,15,21H,6-7,10H2,1-5H3/t11-,12+,13-,15+,18+,19-/m0/s1. The first-order chi connectivity index (χ1) is 10.1. The van der Waals surface area contributed by atoms with Crippen molar-refractivity contribution in [2.45, 2.75) is 60.0 Å². The molecule has 0 saturated heterocycles. The number of ketones is 2. The predicted octanol–water partition coefficient (Wildman–Crippen LogP) is 3.16. The molecule has 3 aliphatic carbocycles. The Morgan fingerprint density at radius 1 is 1.09 bits per heavy atom. The van der Waals surface area contributed by atoms with Crippen LogP contribution in [0.2, 0.25) is 0 Å². The highest BCUT2D eigenvalue weighted by Crippen LogP contribution is 2.64. The second-order valence-electron chi connectivity index (χ2n) is 8.77. The summed E-state index contributed by atoms with van der Waals surface area (Å²) in [6.07, 6.45) is 5.48. The highest BCUT2D eigenvalue weighted by atomic mass is 16.3. The molecule has 0 spiro atoms. The molecule has 0 aromatic heterocycles. The Bertz CT molecular complexity index is 561. The van der Waals surface area contributed by atoms with Gasteiger partial charge in [0.15, 0.2) is 5.78 Å². The number of Topliss-reactive ketones (excluding diaryl/α,β-unsaturated/α-hetero) is 1. The number of hydrogen-bond donors (Lipinski definition) is 1. The van der Waals surface area contributed by atoms with Crippen molar-refractivity contribution in [1.29, 1.82) is 0 Å². The second-order valence-corrected chi connectivity index (χ2v) is 8.77. The smallest absolute Gasteiger partial charge is 0.161 e. The summed E-state index contributed by atoms with van der Waals surface area (Å²) in [5.41, 5.74) is -1.34. The van der Waals surface area contributed by atoms with Crippen molar-refractivity contribution < 1.29 is 14.7 Å². The minimum atomic E-state index is -0.677. The maximum absolute atomic E-state index is 12.9. The van der Waals surface area contributed by atoms with Crippen molar-refractivity contribution in [2.75, 3.05) is 0 Å². The van der Waals surface area contributed by atoms with Gasteiger partial charge in [0.05, 0.1) is 11.5 Å². The van der Waals surface area contributed by atoms with Crippen molar-refractivity contribution >= 4 is 11.6 Å². The van der Waals surface area contributed by atoms with Gasteiger partial charge in [-0.05, 0) is 49.5 Å². The van der Waals surface area contributed by atoms with Gasteiger partial charge < -0.3 is 5.11 Å². The van der Waals surface area contributed by atoms with Crippen LogP contribution in [0.5, 0.6) is 0 Å². The maximum atomic E-state index is 12.9. The van der Waals surface area contributed by atoms with Crippen LogP contribution in [0.4, 0.5) is 0 Å². The molecule has 22 heavy (non-hydrogen) atoms. The van der Waals surface area contributed by atoms with E-state index in [2.05, 4.69) is 6.92 Å². The van der Waals surface area contributed by atoms with Crippen molar-refractivity contribution in [3.8, 4) is 0 Å². The molecule has 3 aliphatic rings. The molecule has 0 unspecified atom stereocenters. The van der Waals surface area contributed by atoms with Crippen LogP contribution in [0, 0.1) is 34.0 Å². The number of rotatable bonds is 0. The topological polar surface area (TPSA) is 54.4 Å². The fourth-order valence-electron chi connectivity index (χ4n) is 5.81. The summed E-state index contributed by atoms with van der Waals surface area (Å²) in [5.74, 6) is 0.575. The molecule has 3 nitrogen and oxygen atoms in total. The van der Waals surface area contributed by atoms with Crippen molar-refractivity contribution in [1.82, 2.24) is 0 Å². The van der Waals surface area contributed by atoms with Gasteiger partial charge in [0.1, 0.15) is 5.78 Å². The highest BCUT2D eigenvalue weighted by Gasteiger charge is 2.65. The lowest BCUT2D eigenvalue weighted by Crippen LogP contribution is -2.64. The highest BCUT2D eigenvalue weighted by molar-refractivity contribution is 5.96. The van der Waals surface area contributed by atoms with Gasteiger partial charge in [-0.1, -0.05) is 33.8 Å². The van der Waals surface area contributed by atoms with Gasteiger partial charge in [-0.25, -0.2) is 0 Å². The SMILES string of the molecule is C[C@H]1CC[C@@H]2[C@@]3(C)C=CC(=O)C(C)(C)[C@@H]3C[C@@H](O)[C@@]2(C)C1=O. The molecular formula is C19H28O3. The first kappa shape index (κ1) is 15.9. The van der Waals surface area contributed by atoms with Crippen LogP contribution >= 0.6 is 0 Å². The van der Waals surface area contributed by atoms with Gasteiger partial charge in [-0.2, -0.15) is 0 Å². The van der Waals surface area contributed by atoms with Gasteiger partial charge in [0.25, 0.3) is 0 Å². The van der Waals surface area contributed by atoms with E-state index >= 15 is 0 Å². The second kappa shape index (κ2) is 4.53. The van der Waals surface area contributed by atoms with Crippen LogP contribution < -0.4 is 0 Å². The summed E-state index contributed by atoms with van der Waals surface area (Å²) in [6, 6.07) is 0. The normalized spacial score (nSPS) is 50.5. The van der Waals surface area contributed by atoms with Crippen LogP contribution in [-0.4, -0.2) is 22.8 Å². The molecule has 2 fully saturated rings. The third-order valence-corrected chi connectivity index (χ3v) is 7.34. The summed E-state index contributed by atoms with van der Waals surface area (Å²) in [5, 5.41) is 10.9. The van der Waals surface area contributed by atoms with E-state index < -0.39 is 16.9 Å². The van der Waals surface area contributed by atoms with Crippen LogP contribution in [-0.2, 0) is 9.59 Å².